The molecule has 0 saturated carbocycles. The fraction of sp³-hybridized carbons (Fsp3) is 0.630. The Bertz CT molecular complexity index is 988. The molecule has 1 heterocycles. The topological polar surface area (TPSA) is 200 Å². The Morgan fingerprint density at radius 3 is 1.51 bits per heavy atom. The Morgan fingerprint density at radius 2 is 1.05 bits per heavy atom. The predicted octanol–water partition coefficient (Wildman–Crippen LogP) is 1.36. The van der Waals surface area contributed by atoms with E-state index in [0.717, 1.165) is 19.3 Å². The van der Waals surface area contributed by atoms with Gasteiger partial charge in [-0.15, -0.1) is 0 Å². The lowest BCUT2D eigenvalue weighted by molar-refractivity contribution is -0.140. The molecule has 242 valence electrons. The maximum Gasteiger partial charge on any atom is 0.407 e. The normalized spacial score (nSPS) is 13.9. The lowest BCUT2D eigenvalue weighted by Crippen LogP contribution is -2.50. The summed E-state index contributed by atoms with van der Waals surface area (Å²) < 4.78 is 24.5. The molecule has 0 aromatic rings. The number of esters is 2. The van der Waals surface area contributed by atoms with Crippen LogP contribution >= 0.6 is 0 Å². The quantitative estimate of drug-likeness (QED) is 0.0799. The van der Waals surface area contributed by atoms with Gasteiger partial charge in [-0.1, -0.05) is 13.2 Å². The minimum absolute atomic E-state index is 0.0908. The first-order chi connectivity index (χ1) is 20.5. The van der Waals surface area contributed by atoms with Crippen LogP contribution in [0.15, 0.2) is 24.3 Å². The van der Waals surface area contributed by atoms with Gasteiger partial charge < -0.3 is 49.9 Å². The van der Waals surface area contributed by atoms with Crippen LogP contribution in [-0.2, 0) is 33.3 Å². The summed E-state index contributed by atoms with van der Waals surface area (Å²) in [7, 11) is 0. The Balaban J connectivity index is 2.16. The molecule has 1 aliphatic heterocycles. The molecule has 1 unspecified atom stereocenters. The van der Waals surface area contributed by atoms with Crippen LogP contribution in [0.3, 0.4) is 0 Å². The fourth-order valence-corrected chi connectivity index (χ4v) is 3.56. The number of rotatable bonds is 17. The van der Waals surface area contributed by atoms with Gasteiger partial charge in [0.2, 0.25) is 0 Å². The first-order valence-electron chi connectivity index (χ1n) is 13.9. The van der Waals surface area contributed by atoms with Crippen molar-refractivity contribution >= 4 is 36.2 Å². The van der Waals surface area contributed by atoms with Crippen LogP contribution < -0.4 is 21.3 Å². The molecular formula is C27H43N5O11. The molecule has 0 aromatic heterocycles. The van der Waals surface area contributed by atoms with Gasteiger partial charge in [0.15, 0.2) is 0 Å². The second kappa shape index (κ2) is 21.2. The van der Waals surface area contributed by atoms with Crippen molar-refractivity contribution in [3.63, 3.8) is 0 Å². The van der Waals surface area contributed by atoms with Crippen LogP contribution in [0.1, 0.15) is 39.5 Å². The van der Waals surface area contributed by atoms with Crippen molar-refractivity contribution in [1.29, 1.82) is 0 Å². The summed E-state index contributed by atoms with van der Waals surface area (Å²) in [6, 6.07) is -0.407. The SMILES string of the molecule is C=C(C)C(=O)OCCOC(=O)NCCNC(=O)OCCC1CCCCN1C(=O)NCCNC(=O)OCCOC(=O)C(=C)C. The van der Waals surface area contributed by atoms with Gasteiger partial charge in [-0.25, -0.2) is 28.8 Å². The molecule has 16 heteroatoms. The molecule has 0 spiro atoms. The van der Waals surface area contributed by atoms with E-state index in [4.69, 9.17) is 23.7 Å². The molecule has 4 N–H and O–H groups in total. The molecule has 0 aliphatic carbocycles. The van der Waals surface area contributed by atoms with Crippen LogP contribution in [0.5, 0.6) is 0 Å². The Labute approximate surface area is 250 Å². The zero-order valence-corrected chi connectivity index (χ0v) is 24.8. The molecule has 1 fully saturated rings. The number of hydrogen-bond donors (Lipinski definition) is 4. The average molecular weight is 614 g/mol. The van der Waals surface area contributed by atoms with Crippen molar-refractivity contribution in [2.24, 2.45) is 0 Å². The highest BCUT2D eigenvalue weighted by molar-refractivity contribution is 5.87. The highest BCUT2D eigenvalue weighted by Crippen LogP contribution is 2.19. The van der Waals surface area contributed by atoms with Crippen molar-refractivity contribution in [3.8, 4) is 0 Å². The molecule has 1 atom stereocenters. The number of carbonyl (C=O) groups is 6. The molecule has 0 radical (unpaired) electrons. The second-order valence-corrected chi connectivity index (χ2v) is 9.38. The van der Waals surface area contributed by atoms with Gasteiger partial charge in [0.05, 0.1) is 6.61 Å². The zero-order chi connectivity index (χ0) is 32.0. The maximum atomic E-state index is 12.7. The smallest absolute Gasteiger partial charge is 0.407 e. The second-order valence-electron chi connectivity index (χ2n) is 9.38. The Kier molecular flexibility index (Phi) is 18.0. The largest absolute Gasteiger partial charge is 0.459 e. The van der Waals surface area contributed by atoms with Crippen LogP contribution in [0, 0.1) is 0 Å². The van der Waals surface area contributed by atoms with E-state index < -0.39 is 30.2 Å². The summed E-state index contributed by atoms with van der Waals surface area (Å²) in [5, 5.41) is 10.2. The molecule has 43 heavy (non-hydrogen) atoms. The van der Waals surface area contributed by atoms with E-state index in [1.165, 1.54) is 13.8 Å². The van der Waals surface area contributed by atoms with E-state index in [2.05, 4.69) is 34.4 Å². The van der Waals surface area contributed by atoms with Crippen LogP contribution in [0.2, 0.25) is 0 Å². The van der Waals surface area contributed by atoms with Gasteiger partial charge in [-0.3, -0.25) is 0 Å². The van der Waals surface area contributed by atoms with Crippen molar-refractivity contribution < 1.29 is 52.5 Å². The van der Waals surface area contributed by atoms with E-state index in [-0.39, 0.29) is 82.4 Å². The van der Waals surface area contributed by atoms with E-state index in [1.54, 1.807) is 4.90 Å². The van der Waals surface area contributed by atoms with Crippen molar-refractivity contribution in [3.05, 3.63) is 24.3 Å². The van der Waals surface area contributed by atoms with Gasteiger partial charge in [-0.2, -0.15) is 0 Å². The first kappa shape index (κ1) is 36.5. The van der Waals surface area contributed by atoms with E-state index in [1.807, 2.05) is 0 Å². The maximum absolute atomic E-state index is 12.7. The molecule has 0 aromatic carbocycles. The number of likely N-dealkylation sites (tertiary alicyclic amines) is 1. The van der Waals surface area contributed by atoms with E-state index in [9.17, 15) is 28.8 Å². The van der Waals surface area contributed by atoms with Gasteiger partial charge >= 0.3 is 36.2 Å². The van der Waals surface area contributed by atoms with Gasteiger partial charge in [0.25, 0.3) is 0 Å². The van der Waals surface area contributed by atoms with Crippen LogP contribution in [0.25, 0.3) is 0 Å². The number of nitrogens with one attached hydrogen (secondary N) is 4. The van der Waals surface area contributed by atoms with E-state index in [0.29, 0.717) is 13.0 Å². The zero-order valence-electron chi connectivity index (χ0n) is 24.8. The lowest BCUT2D eigenvalue weighted by Gasteiger charge is -2.35. The summed E-state index contributed by atoms with van der Waals surface area (Å²) >= 11 is 0. The predicted molar refractivity (Wildman–Crippen MR) is 152 cm³/mol. The number of piperidine rings is 1. The molecular weight excluding hydrogens is 570 g/mol. The summed E-state index contributed by atoms with van der Waals surface area (Å²) in [5.41, 5.74) is 0.487. The standard InChI is InChI=1S/C27H43N5O11/c1-19(2)22(33)39-15-17-42-26(37)29-10-9-28-24(35)32-13-6-5-7-21(32)8-14-41-25(36)30-11-12-31-27(38)43-18-16-40-23(34)20(3)4/h21H,1,3,5-18H2,2,4H3,(H,28,35)(H,29,37)(H,30,36)(H,31,38). The number of ether oxygens (including phenoxy) is 5. The summed E-state index contributed by atoms with van der Waals surface area (Å²) in [6.45, 7) is 10.6. The monoisotopic (exact) mass is 613 g/mol. The van der Waals surface area contributed by atoms with Gasteiger partial charge in [0.1, 0.15) is 26.4 Å². The lowest BCUT2D eigenvalue weighted by atomic mass is 10.00. The average Bonchev–Trinajstić information content (AvgIpc) is 2.97. The third-order valence-electron chi connectivity index (χ3n) is 5.70. The molecule has 1 saturated heterocycles. The molecule has 1 rings (SSSR count). The van der Waals surface area contributed by atoms with Crippen LogP contribution in [-0.4, -0.2) is 113 Å². The van der Waals surface area contributed by atoms with E-state index >= 15 is 0 Å². The summed E-state index contributed by atoms with van der Waals surface area (Å²) in [5.74, 6) is -1.14. The third-order valence-corrected chi connectivity index (χ3v) is 5.70. The molecule has 5 amide bonds. The summed E-state index contributed by atoms with van der Waals surface area (Å²) in [4.78, 5) is 72.1. The number of nitrogens with zero attached hydrogens (tertiary/aromatic N) is 1. The fourth-order valence-electron chi connectivity index (χ4n) is 3.56. The molecule has 16 nitrogen and oxygen atoms in total. The number of hydrogen-bond acceptors (Lipinski definition) is 11. The highest BCUT2D eigenvalue weighted by Gasteiger charge is 2.26. The van der Waals surface area contributed by atoms with Gasteiger partial charge in [0, 0.05) is 56.3 Å². The number of alkyl carbamates (subject to hydrolysis) is 3. The van der Waals surface area contributed by atoms with Crippen molar-refractivity contribution in [2.75, 3.05) is 65.8 Å². The van der Waals surface area contributed by atoms with Crippen molar-refractivity contribution in [1.82, 2.24) is 26.2 Å². The van der Waals surface area contributed by atoms with Crippen LogP contribution in [0.4, 0.5) is 19.2 Å². The highest BCUT2D eigenvalue weighted by atomic mass is 16.6. The Hall–Kier alpha value is -4.50. The minimum Gasteiger partial charge on any atom is -0.459 e. The van der Waals surface area contributed by atoms with Crippen molar-refractivity contribution in [2.45, 2.75) is 45.6 Å². The molecule has 0 bridgehead atoms. The summed E-state index contributed by atoms with van der Waals surface area (Å²) in [6.07, 6.45) is 0.891. The molecule has 1 aliphatic rings. The third kappa shape index (κ3) is 17.1. The Morgan fingerprint density at radius 1 is 0.628 bits per heavy atom. The number of urea groups is 1. The minimum atomic E-state index is -0.730. The number of amides is 5. The first-order valence-corrected chi connectivity index (χ1v) is 13.9. The number of carbonyl (C=O) groups excluding carboxylic acids is 6. The van der Waals surface area contributed by atoms with Gasteiger partial charge in [-0.05, 0) is 33.1 Å².